The summed E-state index contributed by atoms with van der Waals surface area (Å²) in [4.78, 5) is 4.51. The van der Waals surface area contributed by atoms with Gasteiger partial charge in [-0.15, -0.1) is 0 Å². The van der Waals surface area contributed by atoms with Crippen molar-refractivity contribution in [2.24, 2.45) is 10.7 Å². The summed E-state index contributed by atoms with van der Waals surface area (Å²) in [7, 11) is 0.646. The van der Waals surface area contributed by atoms with Crippen LogP contribution in [0.3, 0.4) is 0 Å². The van der Waals surface area contributed by atoms with Crippen LogP contribution in [0, 0.1) is 0 Å². The van der Waals surface area contributed by atoms with Crippen molar-refractivity contribution in [3.8, 4) is 0 Å². The standard InChI is InChI=1S/C16H38N4O4Si/c1-14(2)19-16(20-15(3)4)18-9-10-23-11-12-24-25(21-5,22-6)13-7-8-17/h14-15H,7-13,17H2,1-6H3,(H2,18,19,20). The quantitative estimate of drug-likeness (QED) is 0.179. The smallest absolute Gasteiger partial charge is 0.377 e. The molecule has 9 heteroatoms. The van der Waals surface area contributed by atoms with Crippen LogP contribution in [0.5, 0.6) is 0 Å². The average molecular weight is 379 g/mol. The fraction of sp³-hybridized carbons (Fsp3) is 0.938. The minimum atomic E-state index is -2.59. The molecule has 4 N–H and O–H groups in total. The van der Waals surface area contributed by atoms with E-state index in [1.54, 1.807) is 14.2 Å². The van der Waals surface area contributed by atoms with Gasteiger partial charge < -0.3 is 34.4 Å². The minimum absolute atomic E-state index is 0.234. The van der Waals surface area contributed by atoms with Crippen LogP contribution in [-0.4, -0.2) is 74.0 Å². The van der Waals surface area contributed by atoms with Crippen molar-refractivity contribution in [2.45, 2.75) is 52.2 Å². The van der Waals surface area contributed by atoms with Crippen molar-refractivity contribution < 1.29 is 18.0 Å². The third-order valence-corrected chi connectivity index (χ3v) is 6.06. The Bertz CT molecular complexity index is 353. The Balaban J connectivity index is 4.00. The molecular weight excluding hydrogens is 340 g/mol. The number of ether oxygens (including phenoxy) is 1. The van der Waals surface area contributed by atoms with Crippen molar-refractivity contribution in [3.63, 3.8) is 0 Å². The first kappa shape index (κ1) is 24.3. The van der Waals surface area contributed by atoms with E-state index >= 15 is 0 Å². The number of nitrogens with two attached hydrogens (primary N) is 1. The molecule has 0 amide bonds. The zero-order valence-electron chi connectivity index (χ0n) is 16.8. The van der Waals surface area contributed by atoms with Crippen molar-refractivity contribution in [3.05, 3.63) is 0 Å². The summed E-state index contributed by atoms with van der Waals surface area (Å²) in [6, 6.07) is 1.28. The van der Waals surface area contributed by atoms with E-state index in [2.05, 4.69) is 29.5 Å². The molecule has 0 saturated heterocycles. The normalized spacial score (nSPS) is 12.9. The Kier molecular flexibility index (Phi) is 14.0. The molecule has 0 unspecified atom stereocenters. The molecule has 0 fully saturated rings. The van der Waals surface area contributed by atoms with Crippen LogP contribution in [0.1, 0.15) is 34.1 Å². The highest BCUT2D eigenvalue weighted by Gasteiger charge is 2.38. The van der Waals surface area contributed by atoms with E-state index in [9.17, 15) is 0 Å². The molecule has 0 radical (unpaired) electrons. The van der Waals surface area contributed by atoms with Gasteiger partial charge >= 0.3 is 8.80 Å². The van der Waals surface area contributed by atoms with Gasteiger partial charge in [-0.1, -0.05) is 0 Å². The summed E-state index contributed by atoms with van der Waals surface area (Å²) in [5.41, 5.74) is 5.55. The van der Waals surface area contributed by atoms with Crippen LogP contribution < -0.4 is 16.4 Å². The zero-order chi connectivity index (χ0) is 19.1. The Morgan fingerprint density at radius 2 is 1.76 bits per heavy atom. The molecule has 0 aliphatic rings. The van der Waals surface area contributed by atoms with Crippen molar-refractivity contribution in [1.82, 2.24) is 10.6 Å². The SMILES string of the molecule is CO[Si](CCCN)(OC)OCCOCCN/C(=N\C(C)C)NC(C)C. The lowest BCUT2D eigenvalue weighted by Gasteiger charge is -2.26. The first-order valence-corrected chi connectivity index (χ1v) is 10.9. The first-order valence-electron chi connectivity index (χ1n) is 8.99. The van der Waals surface area contributed by atoms with Gasteiger partial charge in [-0.25, -0.2) is 0 Å². The second-order valence-corrected chi connectivity index (χ2v) is 9.21. The fourth-order valence-electron chi connectivity index (χ4n) is 2.06. The molecule has 0 aliphatic carbocycles. The second kappa shape index (κ2) is 14.5. The highest BCUT2D eigenvalue weighted by molar-refractivity contribution is 6.60. The number of aliphatic imine (C=N–C) groups is 1. The Hall–Kier alpha value is -0.713. The summed E-state index contributed by atoms with van der Waals surface area (Å²) in [5.74, 6) is 0.803. The van der Waals surface area contributed by atoms with E-state index in [-0.39, 0.29) is 6.04 Å². The molecule has 150 valence electrons. The van der Waals surface area contributed by atoms with E-state index in [0.29, 0.717) is 45.0 Å². The molecule has 0 atom stereocenters. The average Bonchev–Trinajstić information content (AvgIpc) is 2.56. The molecule has 0 saturated carbocycles. The van der Waals surface area contributed by atoms with E-state index in [1.165, 1.54) is 0 Å². The molecule has 0 aromatic heterocycles. The fourth-order valence-corrected chi connectivity index (χ4v) is 4.05. The van der Waals surface area contributed by atoms with Crippen molar-refractivity contribution >= 4 is 14.8 Å². The maximum atomic E-state index is 5.82. The highest BCUT2D eigenvalue weighted by Crippen LogP contribution is 2.15. The van der Waals surface area contributed by atoms with E-state index in [0.717, 1.165) is 12.4 Å². The summed E-state index contributed by atoms with van der Waals surface area (Å²) < 4.78 is 22.4. The number of nitrogens with zero attached hydrogens (tertiary/aromatic N) is 1. The van der Waals surface area contributed by atoms with Gasteiger partial charge in [0.25, 0.3) is 0 Å². The lowest BCUT2D eigenvalue weighted by Crippen LogP contribution is -2.45. The van der Waals surface area contributed by atoms with Gasteiger partial charge in [-0.2, -0.15) is 0 Å². The zero-order valence-corrected chi connectivity index (χ0v) is 17.8. The number of rotatable bonds is 14. The van der Waals surface area contributed by atoms with Crippen LogP contribution in [0.2, 0.25) is 6.04 Å². The maximum absolute atomic E-state index is 5.82. The van der Waals surface area contributed by atoms with Crippen LogP contribution in [0.25, 0.3) is 0 Å². The molecule has 0 aromatic rings. The van der Waals surface area contributed by atoms with E-state index in [1.807, 2.05) is 13.8 Å². The minimum Gasteiger partial charge on any atom is -0.377 e. The van der Waals surface area contributed by atoms with Gasteiger partial charge in [0, 0.05) is 38.9 Å². The van der Waals surface area contributed by atoms with Crippen LogP contribution in [0.4, 0.5) is 0 Å². The van der Waals surface area contributed by atoms with Crippen LogP contribution in [0.15, 0.2) is 4.99 Å². The predicted molar refractivity (Wildman–Crippen MR) is 104 cm³/mol. The molecular formula is C16H38N4O4Si. The Morgan fingerprint density at radius 3 is 2.28 bits per heavy atom. The lowest BCUT2D eigenvalue weighted by atomic mass is 10.4. The van der Waals surface area contributed by atoms with Gasteiger partial charge in [-0.3, -0.25) is 4.99 Å². The monoisotopic (exact) mass is 378 g/mol. The van der Waals surface area contributed by atoms with Gasteiger partial charge in [0.1, 0.15) is 0 Å². The molecule has 0 aromatic carbocycles. The highest BCUT2D eigenvalue weighted by atomic mass is 28.4. The predicted octanol–water partition coefficient (Wildman–Crippen LogP) is 0.952. The number of hydrogen-bond acceptors (Lipinski definition) is 6. The van der Waals surface area contributed by atoms with E-state index < -0.39 is 8.80 Å². The van der Waals surface area contributed by atoms with E-state index in [4.69, 9.17) is 23.7 Å². The summed E-state index contributed by atoms with van der Waals surface area (Å²) in [5, 5.41) is 6.55. The maximum Gasteiger partial charge on any atom is 0.500 e. The lowest BCUT2D eigenvalue weighted by molar-refractivity contribution is 0.0512. The van der Waals surface area contributed by atoms with Gasteiger partial charge in [0.2, 0.25) is 0 Å². The largest absolute Gasteiger partial charge is 0.500 e. The van der Waals surface area contributed by atoms with Gasteiger partial charge in [0.05, 0.1) is 19.8 Å². The molecule has 8 nitrogen and oxygen atoms in total. The first-order chi connectivity index (χ1) is 11.9. The number of nitrogens with one attached hydrogen (secondary N) is 2. The summed E-state index contributed by atoms with van der Waals surface area (Å²) >= 11 is 0. The van der Waals surface area contributed by atoms with Gasteiger partial charge in [0.15, 0.2) is 5.96 Å². The number of hydrogen-bond donors (Lipinski definition) is 3. The summed E-state index contributed by atoms with van der Waals surface area (Å²) in [6.45, 7) is 11.0. The molecule has 0 aliphatic heterocycles. The number of guanidine groups is 1. The van der Waals surface area contributed by atoms with Crippen LogP contribution in [-0.2, 0) is 18.0 Å². The summed E-state index contributed by atoms with van der Waals surface area (Å²) in [6.07, 6.45) is 0.819. The Labute approximate surface area is 154 Å². The molecule has 0 bridgehead atoms. The Morgan fingerprint density at radius 1 is 1.08 bits per heavy atom. The molecule has 0 heterocycles. The topological polar surface area (TPSA) is 99.4 Å². The molecule has 0 rings (SSSR count). The second-order valence-electron chi connectivity index (χ2n) is 6.24. The molecule has 25 heavy (non-hydrogen) atoms. The van der Waals surface area contributed by atoms with Crippen molar-refractivity contribution in [1.29, 1.82) is 0 Å². The van der Waals surface area contributed by atoms with Crippen LogP contribution >= 0.6 is 0 Å². The third-order valence-electron chi connectivity index (χ3n) is 3.21. The molecule has 0 spiro atoms. The third kappa shape index (κ3) is 12.3. The van der Waals surface area contributed by atoms with Gasteiger partial charge in [-0.05, 0) is 40.7 Å². The van der Waals surface area contributed by atoms with Crippen molar-refractivity contribution in [2.75, 3.05) is 47.1 Å².